The molecule has 3 nitrogen and oxygen atoms in total. The van der Waals surface area contributed by atoms with E-state index in [9.17, 15) is 4.79 Å². The van der Waals surface area contributed by atoms with Crippen molar-refractivity contribution in [3.05, 3.63) is 47.5 Å². The van der Waals surface area contributed by atoms with Crippen LogP contribution in [0.3, 0.4) is 0 Å². The Morgan fingerprint density at radius 2 is 2.06 bits per heavy atom. The maximum absolute atomic E-state index is 11.2. The summed E-state index contributed by atoms with van der Waals surface area (Å²) in [5.41, 5.74) is 0.831. The van der Waals surface area contributed by atoms with Gasteiger partial charge in [0, 0.05) is 11.1 Å². The topological polar surface area (TPSA) is 49.3 Å². The zero-order valence-electron chi connectivity index (χ0n) is 8.61. The Labute approximate surface area is 99.1 Å². The van der Waals surface area contributed by atoms with Crippen LogP contribution in [0.25, 0.3) is 6.08 Å². The van der Waals surface area contributed by atoms with Gasteiger partial charge in [-0.15, -0.1) is 0 Å². The molecule has 1 rings (SSSR count). The lowest BCUT2D eigenvalue weighted by Crippen LogP contribution is -2.21. The Morgan fingerprint density at radius 3 is 2.62 bits per heavy atom. The molecule has 0 aliphatic carbocycles. The van der Waals surface area contributed by atoms with Crippen molar-refractivity contribution in [2.24, 2.45) is 0 Å². The first-order valence-corrected chi connectivity index (χ1v) is 5.04. The van der Waals surface area contributed by atoms with Crippen molar-refractivity contribution >= 4 is 23.6 Å². The molecule has 0 atom stereocenters. The van der Waals surface area contributed by atoms with E-state index in [4.69, 9.17) is 16.7 Å². The van der Waals surface area contributed by atoms with Gasteiger partial charge in [-0.3, -0.25) is 4.79 Å². The molecule has 0 aromatic heterocycles. The molecule has 2 N–H and O–H groups in total. The number of hydrogen-bond donors (Lipinski definition) is 2. The quantitative estimate of drug-likeness (QED) is 0.790. The fourth-order valence-electron chi connectivity index (χ4n) is 0.999. The van der Waals surface area contributed by atoms with Gasteiger partial charge in [-0.05, 0) is 23.8 Å². The molecule has 1 aromatic carbocycles. The third-order valence-corrected chi connectivity index (χ3v) is 1.91. The van der Waals surface area contributed by atoms with Crippen LogP contribution in [0.5, 0.6) is 5.75 Å². The summed E-state index contributed by atoms with van der Waals surface area (Å²) in [6.45, 7) is 3.70. The SMILES string of the molecule is C=C(Cl)CNC(=O)/C=C/c1ccc(O)cc1. The molecule has 0 heterocycles. The van der Waals surface area contributed by atoms with Crippen LogP contribution in [-0.2, 0) is 4.79 Å². The average Bonchev–Trinajstić information content (AvgIpc) is 2.25. The van der Waals surface area contributed by atoms with Crippen molar-refractivity contribution in [3.63, 3.8) is 0 Å². The summed E-state index contributed by atoms with van der Waals surface area (Å²) in [5, 5.41) is 12.0. The Hall–Kier alpha value is -1.74. The first-order valence-electron chi connectivity index (χ1n) is 4.66. The predicted octanol–water partition coefficient (Wildman–Crippen LogP) is 2.27. The number of phenols is 1. The molecule has 4 heteroatoms. The van der Waals surface area contributed by atoms with E-state index >= 15 is 0 Å². The Balaban J connectivity index is 2.50. The van der Waals surface area contributed by atoms with E-state index in [1.807, 2.05) is 0 Å². The van der Waals surface area contributed by atoms with Crippen LogP contribution < -0.4 is 5.32 Å². The fourth-order valence-corrected chi connectivity index (χ4v) is 1.07. The summed E-state index contributed by atoms with van der Waals surface area (Å²) in [6, 6.07) is 6.52. The summed E-state index contributed by atoms with van der Waals surface area (Å²) in [6.07, 6.45) is 3.04. The number of benzene rings is 1. The second kappa shape index (κ2) is 5.98. The number of hydrogen-bond acceptors (Lipinski definition) is 2. The first-order chi connectivity index (χ1) is 7.58. The maximum atomic E-state index is 11.2. The lowest BCUT2D eigenvalue weighted by molar-refractivity contribution is -0.116. The number of halogens is 1. The predicted molar refractivity (Wildman–Crippen MR) is 65.1 cm³/mol. The number of amides is 1. The van der Waals surface area contributed by atoms with Crippen LogP contribution in [0.15, 0.2) is 42.0 Å². The van der Waals surface area contributed by atoms with Crippen LogP contribution in [0.1, 0.15) is 5.56 Å². The number of aromatic hydroxyl groups is 1. The molecule has 0 saturated carbocycles. The third-order valence-electron chi connectivity index (χ3n) is 1.77. The van der Waals surface area contributed by atoms with E-state index in [1.165, 1.54) is 6.08 Å². The molecular formula is C12H12ClNO2. The van der Waals surface area contributed by atoms with Gasteiger partial charge in [0.15, 0.2) is 0 Å². The highest BCUT2D eigenvalue weighted by molar-refractivity contribution is 6.29. The van der Waals surface area contributed by atoms with E-state index in [1.54, 1.807) is 30.3 Å². The van der Waals surface area contributed by atoms with Gasteiger partial charge in [-0.25, -0.2) is 0 Å². The van der Waals surface area contributed by atoms with Crippen LogP contribution in [-0.4, -0.2) is 17.6 Å². The summed E-state index contributed by atoms with van der Waals surface area (Å²) in [7, 11) is 0. The molecule has 84 valence electrons. The summed E-state index contributed by atoms with van der Waals surface area (Å²) < 4.78 is 0. The molecule has 16 heavy (non-hydrogen) atoms. The third kappa shape index (κ3) is 4.66. The van der Waals surface area contributed by atoms with Gasteiger partial charge in [0.25, 0.3) is 0 Å². The van der Waals surface area contributed by atoms with Gasteiger partial charge in [0.2, 0.25) is 5.91 Å². The van der Waals surface area contributed by atoms with Gasteiger partial charge in [-0.2, -0.15) is 0 Å². The van der Waals surface area contributed by atoms with Crippen molar-refractivity contribution in [3.8, 4) is 5.75 Å². The Bertz CT molecular complexity index is 410. The summed E-state index contributed by atoms with van der Waals surface area (Å²) in [4.78, 5) is 11.2. The van der Waals surface area contributed by atoms with Crippen LogP contribution in [0.4, 0.5) is 0 Å². The summed E-state index contributed by atoms with van der Waals surface area (Å²) in [5.74, 6) is -0.0464. The highest BCUT2D eigenvalue weighted by atomic mass is 35.5. The zero-order chi connectivity index (χ0) is 12.0. The number of rotatable bonds is 4. The van der Waals surface area contributed by atoms with Crippen molar-refractivity contribution in [1.82, 2.24) is 5.32 Å². The molecule has 0 radical (unpaired) electrons. The normalized spacial score (nSPS) is 10.3. The van der Waals surface area contributed by atoms with E-state index in [0.29, 0.717) is 5.03 Å². The lowest BCUT2D eigenvalue weighted by Gasteiger charge is -1.98. The lowest BCUT2D eigenvalue weighted by atomic mass is 10.2. The van der Waals surface area contributed by atoms with Crippen LogP contribution >= 0.6 is 11.6 Å². The molecule has 0 fully saturated rings. The number of carbonyl (C=O) groups is 1. The van der Waals surface area contributed by atoms with Crippen molar-refractivity contribution in [2.75, 3.05) is 6.54 Å². The van der Waals surface area contributed by atoms with Gasteiger partial charge < -0.3 is 10.4 Å². The highest BCUT2D eigenvalue weighted by Gasteiger charge is 1.95. The molecule has 1 aromatic rings. The Morgan fingerprint density at radius 1 is 1.44 bits per heavy atom. The zero-order valence-corrected chi connectivity index (χ0v) is 9.37. The number of nitrogens with one attached hydrogen (secondary N) is 1. The molecule has 0 aliphatic rings. The Kier molecular flexibility index (Phi) is 4.61. The average molecular weight is 238 g/mol. The minimum absolute atomic E-state index is 0.194. The van der Waals surface area contributed by atoms with E-state index in [0.717, 1.165) is 5.56 Å². The first kappa shape index (κ1) is 12.3. The second-order valence-electron chi connectivity index (χ2n) is 3.16. The number of phenolic OH excluding ortho intramolecular Hbond substituents is 1. The minimum Gasteiger partial charge on any atom is -0.508 e. The van der Waals surface area contributed by atoms with Crippen molar-refractivity contribution in [2.45, 2.75) is 0 Å². The van der Waals surface area contributed by atoms with E-state index in [-0.39, 0.29) is 18.2 Å². The van der Waals surface area contributed by atoms with Gasteiger partial charge in [0.1, 0.15) is 5.75 Å². The van der Waals surface area contributed by atoms with Crippen molar-refractivity contribution < 1.29 is 9.90 Å². The monoisotopic (exact) mass is 237 g/mol. The number of carbonyl (C=O) groups excluding carboxylic acids is 1. The van der Waals surface area contributed by atoms with Crippen LogP contribution in [0.2, 0.25) is 0 Å². The van der Waals surface area contributed by atoms with Gasteiger partial charge in [0.05, 0.1) is 6.54 Å². The maximum Gasteiger partial charge on any atom is 0.244 e. The van der Waals surface area contributed by atoms with Crippen LogP contribution in [0, 0.1) is 0 Å². The van der Waals surface area contributed by atoms with Gasteiger partial charge in [-0.1, -0.05) is 30.3 Å². The smallest absolute Gasteiger partial charge is 0.244 e. The van der Waals surface area contributed by atoms with E-state index in [2.05, 4.69) is 11.9 Å². The summed E-state index contributed by atoms with van der Waals surface area (Å²) >= 11 is 5.50. The van der Waals surface area contributed by atoms with Gasteiger partial charge >= 0.3 is 0 Å². The second-order valence-corrected chi connectivity index (χ2v) is 3.69. The van der Waals surface area contributed by atoms with E-state index < -0.39 is 0 Å². The highest BCUT2D eigenvalue weighted by Crippen LogP contribution is 2.10. The largest absolute Gasteiger partial charge is 0.508 e. The van der Waals surface area contributed by atoms with Crippen molar-refractivity contribution in [1.29, 1.82) is 0 Å². The fraction of sp³-hybridized carbons (Fsp3) is 0.0833. The molecule has 1 amide bonds. The molecule has 0 saturated heterocycles. The molecule has 0 spiro atoms. The molecule has 0 aliphatic heterocycles. The molecule has 0 bridgehead atoms. The molecular weight excluding hydrogens is 226 g/mol. The molecule has 0 unspecified atom stereocenters. The standard InChI is InChI=1S/C12H12ClNO2/c1-9(13)8-14-12(16)7-4-10-2-5-11(15)6-3-10/h2-7,15H,1,8H2,(H,14,16)/b7-4+. The minimum atomic E-state index is -0.241.